The molecule has 12 heteroatoms. The van der Waals surface area contributed by atoms with Crippen molar-refractivity contribution in [1.29, 1.82) is 0 Å². The monoisotopic (exact) mass is 648 g/mol. The van der Waals surface area contributed by atoms with E-state index in [1.54, 1.807) is 6.20 Å². The molecule has 0 atom stereocenters. The van der Waals surface area contributed by atoms with Crippen LogP contribution in [0, 0.1) is 11.6 Å². The van der Waals surface area contributed by atoms with Crippen LogP contribution in [-0.4, -0.2) is 76.0 Å². The van der Waals surface area contributed by atoms with Crippen LogP contribution in [0.5, 0.6) is 11.8 Å². The molecule has 0 bridgehead atoms. The van der Waals surface area contributed by atoms with Crippen LogP contribution in [0.2, 0.25) is 0 Å². The van der Waals surface area contributed by atoms with E-state index in [9.17, 15) is 9.90 Å². The lowest BCUT2D eigenvalue weighted by atomic mass is 9.93. The molecule has 2 aromatic carbocycles. The first-order chi connectivity index (χ1) is 22.7. The third-order valence-electron chi connectivity index (χ3n) is 9.61. The number of halogens is 2. The molecule has 3 N–H and O–H groups in total. The van der Waals surface area contributed by atoms with Crippen LogP contribution in [0.4, 0.5) is 19.4 Å². The predicted molar refractivity (Wildman–Crippen MR) is 177 cm³/mol. The first kappa shape index (κ1) is 32.6. The number of phenols is 1. The molecule has 47 heavy (non-hydrogen) atoms. The highest BCUT2D eigenvalue weighted by molar-refractivity contribution is 6.01. The van der Waals surface area contributed by atoms with E-state index in [1.165, 1.54) is 24.3 Å². The molecular weight excluding hydrogens is 606 g/mol. The molecule has 2 aliphatic rings. The molecule has 0 unspecified atom stereocenters. The third kappa shape index (κ3) is 6.47. The topological polar surface area (TPSA) is 127 Å². The van der Waals surface area contributed by atoms with Crippen molar-refractivity contribution in [3.63, 3.8) is 0 Å². The van der Waals surface area contributed by atoms with Gasteiger partial charge in [-0.15, -0.1) is 0 Å². The number of hydrogen-bond acceptors (Lipinski definition) is 9. The molecule has 0 spiro atoms. The van der Waals surface area contributed by atoms with Gasteiger partial charge in [0.1, 0.15) is 35.2 Å². The highest BCUT2D eigenvalue weighted by atomic mass is 19.1. The first-order valence-corrected chi connectivity index (χ1v) is 16.6. The van der Waals surface area contributed by atoms with E-state index in [4.69, 9.17) is 20.2 Å². The molecule has 4 aromatic rings. The fourth-order valence-corrected chi connectivity index (χ4v) is 7.29. The number of benzene rings is 2. The second kappa shape index (κ2) is 13.8. The highest BCUT2D eigenvalue weighted by Gasteiger charge is 2.45. The number of amides is 1. The normalized spacial score (nSPS) is 15.7. The van der Waals surface area contributed by atoms with Crippen molar-refractivity contribution in [1.82, 2.24) is 19.9 Å². The van der Waals surface area contributed by atoms with Crippen molar-refractivity contribution < 1.29 is 28.2 Å². The Kier molecular flexibility index (Phi) is 9.58. The van der Waals surface area contributed by atoms with Gasteiger partial charge in [-0.2, -0.15) is 9.97 Å². The zero-order valence-electron chi connectivity index (χ0n) is 27.0. The van der Waals surface area contributed by atoms with Crippen LogP contribution in [0.3, 0.4) is 0 Å². The first-order valence-electron chi connectivity index (χ1n) is 16.6. The summed E-state index contributed by atoms with van der Waals surface area (Å²) in [6, 6.07) is 5.82. The lowest BCUT2D eigenvalue weighted by Crippen LogP contribution is -2.43. The number of nitrogens with two attached hydrogens (primary N) is 1. The molecule has 2 aromatic heterocycles. The number of ether oxygens (including phenoxy) is 2. The number of phenolic OH excluding ortho intramolecular Hbond substituents is 1. The number of carbonyl (C=O) groups is 1. The number of aromatic hydroxyl groups is 1. The van der Waals surface area contributed by atoms with E-state index < -0.39 is 17.7 Å². The maximum atomic E-state index is 16.9. The van der Waals surface area contributed by atoms with Crippen molar-refractivity contribution in [2.24, 2.45) is 5.73 Å². The van der Waals surface area contributed by atoms with Gasteiger partial charge in [-0.1, -0.05) is 19.4 Å². The molecule has 2 aliphatic heterocycles. The van der Waals surface area contributed by atoms with Gasteiger partial charge < -0.3 is 25.2 Å². The summed E-state index contributed by atoms with van der Waals surface area (Å²) in [7, 11) is 0. The van der Waals surface area contributed by atoms with Crippen molar-refractivity contribution in [3.8, 4) is 23.0 Å². The molecule has 4 heterocycles. The number of pyridine rings is 1. The van der Waals surface area contributed by atoms with Gasteiger partial charge in [-0.25, -0.2) is 13.6 Å². The van der Waals surface area contributed by atoms with Gasteiger partial charge in [0.25, 0.3) is 0 Å². The van der Waals surface area contributed by atoms with Crippen molar-refractivity contribution in [2.45, 2.75) is 70.8 Å². The molecule has 0 saturated carbocycles. The number of hydrogen-bond donors (Lipinski definition) is 2. The lowest BCUT2D eigenvalue weighted by Gasteiger charge is -2.31. The summed E-state index contributed by atoms with van der Waals surface area (Å²) >= 11 is 0. The number of anilines is 1. The van der Waals surface area contributed by atoms with Crippen LogP contribution in [0.1, 0.15) is 64.4 Å². The maximum Gasteiger partial charge on any atom is 0.404 e. The van der Waals surface area contributed by atoms with Gasteiger partial charge in [-0.3, -0.25) is 9.88 Å². The molecule has 2 fully saturated rings. The molecule has 6 rings (SSSR count). The minimum Gasteiger partial charge on any atom is -0.508 e. The average molecular weight is 649 g/mol. The minimum absolute atomic E-state index is 0.00531. The van der Waals surface area contributed by atoms with Crippen LogP contribution in [-0.2, 0) is 11.2 Å². The van der Waals surface area contributed by atoms with Crippen molar-refractivity contribution in [2.75, 3.05) is 44.3 Å². The summed E-state index contributed by atoms with van der Waals surface area (Å²) in [5, 5.41) is 12.0. The molecule has 10 nitrogen and oxygen atoms in total. The SMILES string of the molecule is CCCCN(CC)c1nc(OCC23CCCN2CCC3)nc2c(F)c(-c3cc(O)cc4ccc(F)c(CCCOC(N)=O)c34)ncc12. The molecular formula is C35H42F2N6O4. The summed E-state index contributed by atoms with van der Waals surface area (Å²) < 4.78 is 43.4. The van der Waals surface area contributed by atoms with E-state index >= 15 is 8.78 Å². The Labute approximate surface area is 272 Å². The van der Waals surface area contributed by atoms with E-state index in [-0.39, 0.29) is 59.1 Å². The number of nitrogens with zero attached hydrogens (tertiary/aromatic N) is 5. The molecule has 0 radical (unpaired) electrons. The van der Waals surface area contributed by atoms with Gasteiger partial charge in [0, 0.05) is 24.8 Å². The van der Waals surface area contributed by atoms with Crippen LogP contribution < -0.4 is 15.4 Å². The van der Waals surface area contributed by atoms with Crippen LogP contribution in [0.25, 0.3) is 32.9 Å². The molecule has 1 amide bonds. The predicted octanol–water partition coefficient (Wildman–Crippen LogP) is 6.49. The summed E-state index contributed by atoms with van der Waals surface area (Å²) in [6.45, 7) is 8.03. The summed E-state index contributed by atoms with van der Waals surface area (Å²) in [5.41, 5.74) is 5.50. The smallest absolute Gasteiger partial charge is 0.404 e. The minimum atomic E-state index is -0.916. The number of aryl methyl sites for hydroxylation is 1. The standard InChI is InChI=1S/C35H42F2N6O4/c1-3-5-14-42(4-2)32-26-20-39-30(29(37)31(26)40-34(41-32)47-21-35-12-7-15-43(35)16-8-13-35)25-19-23(44)18-22-10-11-27(36)24(28(22)25)9-6-17-46-33(38)45/h10-11,18-20,44H,3-9,12-17,21H2,1-2H3,(H2,38,45). The molecule has 250 valence electrons. The van der Waals surface area contributed by atoms with Crippen molar-refractivity contribution in [3.05, 3.63) is 47.7 Å². The van der Waals surface area contributed by atoms with Gasteiger partial charge in [-0.05, 0) is 99.5 Å². The van der Waals surface area contributed by atoms with E-state index in [0.29, 0.717) is 35.1 Å². The molecule has 2 saturated heterocycles. The Hall–Kier alpha value is -4.32. The average Bonchev–Trinajstić information content (AvgIpc) is 3.64. The van der Waals surface area contributed by atoms with Gasteiger partial charge in [0.15, 0.2) is 5.82 Å². The Morgan fingerprint density at radius 2 is 1.91 bits per heavy atom. The summed E-state index contributed by atoms with van der Waals surface area (Å²) in [5.74, 6) is -0.799. The zero-order chi connectivity index (χ0) is 33.1. The highest BCUT2D eigenvalue weighted by Crippen LogP contribution is 2.41. The third-order valence-corrected chi connectivity index (χ3v) is 9.61. The van der Waals surface area contributed by atoms with Crippen LogP contribution in [0.15, 0.2) is 30.5 Å². The molecule has 0 aliphatic carbocycles. The quantitative estimate of drug-likeness (QED) is 0.156. The number of rotatable bonds is 13. The van der Waals surface area contributed by atoms with E-state index in [1.807, 2.05) is 6.92 Å². The summed E-state index contributed by atoms with van der Waals surface area (Å²) in [4.78, 5) is 29.6. The zero-order valence-corrected chi connectivity index (χ0v) is 27.0. The number of aromatic nitrogens is 3. The van der Waals surface area contributed by atoms with Gasteiger partial charge in [0.05, 0.1) is 17.5 Å². The second-order valence-electron chi connectivity index (χ2n) is 12.5. The fraction of sp³-hybridized carbons (Fsp3) is 0.486. The largest absolute Gasteiger partial charge is 0.508 e. The van der Waals surface area contributed by atoms with Crippen LogP contribution >= 0.6 is 0 Å². The number of carbonyl (C=O) groups excluding carboxylic acids is 1. The lowest BCUT2D eigenvalue weighted by molar-refractivity contribution is 0.108. The van der Waals surface area contributed by atoms with Gasteiger partial charge >= 0.3 is 12.1 Å². The Bertz CT molecular complexity index is 1780. The Morgan fingerprint density at radius 1 is 1.13 bits per heavy atom. The Balaban J connectivity index is 1.47. The van der Waals surface area contributed by atoms with Gasteiger partial charge in [0.2, 0.25) is 0 Å². The van der Waals surface area contributed by atoms with Crippen molar-refractivity contribution >= 4 is 33.6 Å². The number of unbranched alkanes of at least 4 members (excludes halogenated alkanes) is 1. The number of fused-ring (bicyclic) bond motifs is 3. The summed E-state index contributed by atoms with van der Waals surface area (Å²) in [6.07, 6.45) is 7.34. The van der Waals surface area contributed by atoms with E-state index in [0.717, 1.165) is 58.2 Å². The Morgan fingerprint density at radius 3 is 2.64 bits per heavy atom. The maximum absolute atomic E-state index is 16.9. The number of primary amides is 1. The fourth-order valence-electron chi connectivity index (χ4n) is 7.29. The van der Waals surface area contributed by atoms with E-state index in [2.05, 4.69) is 26.7 Å². The second-order valence-corrected chi connectivity index (χ2v) is 12.5.